The first-order chi connectivity index (χ1) is 11.1. The van der Waals surface area contributed by atoms with Crippen LogP contribution in [0.3, 0.4) is 0 Å². The summed E-state index contributed by atoms with van der Waals surface area (Å²) in [5.41, 5.74) is 1.85. The molecule has 1 fully saturated rings. The summed E-state index contributed by atoms with van der Waals surface area (Å²) < 4.78 is 10.5. The maximum atomic E-state index is 12.2. The molecule has 0 aliphatic carbocycles. The molecular weight excluding hydrogens is 296 g/mol. The van der Waals surface area contributed by atoms with E-state index in [0.717, 1.165) is 31.0 Å². The summed E-state index contributed by atoms with van der Waals surface area (Å²) in [6, 6.07) is 1.81. The van der Waals surface area contributed by atoms with Crippen LogP contribution in [0.25, 0.3) is 0 Å². The highest BCUT2D eigenvalue weighted by Gasteiger charge is 2.20. The van der Waals surface area contributed by atoms with Gasteiger partial charge in [0, 0.05) is 18.7 Å². The van der Waals surface area contributed by atoms with Gasteiger partial charge in [0.05, 0.1) is 24.5 Å². The van der Waals surface area contributed by atoms with Crippen LogP contribution in [-0.2, 0) is 11.3 Å². The minimum atomic E-state index is -0.206. The molecule has 1 saturated heterocycles. The van der Waals surface area contributed by atoms with Gasteiger partial charge in [0.1, 0.15) is 17.1 Å². The number of nitrogens with one attached hydrogen (secondary N) is 1. The van der Waals surface area contributed by atoms with Crippen molar-refractivity contribution in [3.63, 3.8) is 0 Å². The Balaban J connectivity index is 1.65. The molecule has 7 nitrogen and oxygen atoms in total. The molecule has 1 aliphatic rings. The van der Waals surface area contributed by atoms with Crippen LogP contribution >= 0.6 is 0 Å². The van der Waals surface area contributed by atoms with E-state index in [2.05, 4.69) is 20.4 Å². The number of hydrogen-bond acceptors (Lipinski definition) is 6. The highest BCUT2D eigenvalue weighted by Crippen LogP contribution is 2.22. The zero-order valence-electron chi connectivity index (χ0n) is 13.3. The van der Waals surface area contributed by atoms with Crippen LogP contribution in [0.1, 0.15) is 52.1 Å². The van der Waals surface area contributed by atoms with Gasteiger partial charge in [0.2, 0.25) is 0 Å². The maximum Gasteiger partial charge on any atom is 0.257 e. The largest absolute Gasteiger partial charge is 0.381 e. The second-order valence-corrected chi connectivity index (χ2v) is 5.70. The van der Waals surface area contributed by atoms with Crippen molar-refractivity contribution in [2.45, 2.75) is 39.2 Å². The van der Waals surface area contributed by atoms with Crippen LogP contribution in [0, 0.1) is 13.8 Å². The molecule has 0 unspecified atom stereocenters. The molecule has 2 aromatic rings. The quantitative estimate of drug-likeness (QED) is 0.926. The zero-order valence-corrected chi connectivity index (χ0v) is 13.3. The van der Waals surface area contributed by atoms with Crippen LogP contribution < -0.4 is 5.32 Å². The Morgan fingerprint density at radius 3 is 3.00 bits per heavy atom. The van der Waals surface area contributed by atoms with Gasteiger partial charge in [-0.2, -0.15) is 0 Å². The van der Waals surface area contributed by atoms with Gasteiger partial charge >= 0.3 is 0 Å². The van der Waals surface area contributed by atoms with Gasteiger partial charge in [-0.15, -0.1) is 0 Å². The van der Waals surface area contributed by atoms with Crippen molar-refractivity contribution < 1.29 is 14.1 Å². The number of aryl methyl sites for hydroxylation is 2. The van der Waals surface area contributed by atoms with Gasteiger partial charge in [0.15, 0.2) is 0 Å². The predicted molar refractivity (Wildman–Crippen MR) is 82.0 cm³/mol. The van der Waals surface area contributed by atoms with Gasteiger partial charge in [-0.3, -0.25) is 4.79 Å². The summed E-state index contributed by atoms with van der Waals surface area (Å²) in [4.78, 5) is 21.1. The number of ether oxygens (including phenoxy) is 1. The lowest BCUT2D eigenvalue weighted by Crippen LogP contribution is -2.25. The lowest BCUT2D eigenvalue weighted by atomic mass is 10.0. The molecule has 0 spiro atoms. The molecule has 7 heteroatoms. The van der Waals surface area contributed by atoms with E-state index in [-0.39, 0.29) is 11.8 Å². The smallest absolute Gasteiger partial charge is 0.257 e. The molecule has 0 aromatic carbocycles. The van der Waals surface area contributed by atoms with Gasteiger partial charge in [-0.25, -0.2) is 9.97 Å². The molecule has 1 amide bonds. The standard InChI is InChI=1S/C16H20N4O3/c1-10-14(11(2)23-20-10)16(21)18-8-13-5-6-17-15(19-13)12-4-3-7-22-9-12/h5-6,12H,3-4,7-9H2,1-2H3,(H,18,21)/t12-/m1/s1. The zero-order chi connectivity index (χ0) is 16.2. The molecule has 122 valence electrons. The molecule has 0 saturated carbocycles. The lowest BCUT2D eigenvalue weighted by molar-refractivity contribution is 0.0779. The third kappa shape index (κ3) is 3.56. The van der Waals surface area contributed by atoms with E-state index in [4.69, 9.17) is 9.26 Å². The fourth-order valence-corrected chi connectivity index (χ4v) is 2.72. The monoisotopic (exact) mass is 316 g/mol. The van der Waals surface area contributed by atoms with Crippen LogP contribution in [0.4, 0.5) is 0 Å². The number of carbonyl (C=O) groups excluding carboxylic acids is 1. The van der Waals surface area contributed by atoms with E-state index in [1.54, 1.807) is 26.1 Å². The normalized spacial score (nSPS) is 17.9. The Morgan fingerprint density at radius 2 is 2.30 bits per heavy atom. The molecule has 3 heterocycles. The fourth-order valence-electron chi connectivity index (χ4n) is 2.72. The fraction of sp³-hybridized carbons (Fsp3) is 0.500. The Kier molecular flexibility index (Phi) is 4.66. The molecule has 3 rings (SSSR count). The number of rotatable bonds is 4. The van der Waals surface area contributed by atoms with Crippen molar-refractivity contribution in [2.75, 3.05) is 13.2 Å². The van der Waals surface area contributed by atoms with Crippen molar-refractivity contribution in [1.29, 1.82) is 0 Å². The van der Waals surface area contributed by atoms with Gasteiger partial charge in [0.25, 0.3) is 5.91 Å². The average Bonchev–Trinajstić information content (AvgIpc) is 2.92. The van der Waals surface area contributed by atoms with Crippen LogP contribution in [-0.4, -0.2) is 34.2 Å². The summed E-state index contributed by atoms with van der Waals surface area (Å²) in [7, 11) is 0. The highest BCUT2D eigenvalue weighted by molar-refractivity contribution is 5.95. The topological polar surface area (TPSA) is 90.1 Å². The minimum absolute atomic E-state index is 0.206. The first-order valence-corrected chi connectivity index (χ1v) is 7.76. The van der Waals surface area contributed by atoms with Crippen LogP contribution in [0.2, 0.25) is 0 Å². The van der Waals surface area contributed by atoms with Crippen molar-refractivity contribution >= 4 is 5.91 Å². The summed E-state index contributed by atoms with van der Waals surface area (Å²) in [6.45, 7) is 5.28. The summed E-state index contributed by atoms with van der Waals surface area (Å²) >= 11 is 0. The second-order valence-electron chi connectivity index (χ2n) is 5.70. The number of amides is 1. The van der Waals surface area contributed by atoms with Crippen molar-refractivity contribution in [2.24, 2.45) is 0 Å². The third-order valence-corrected chi connectivity index (χ3v) is 3.95. The molecule has 23 heavy (non-hydrogen) atoms. The summed E-state index contributed by atoms with van der Waals surface area (Å²) in [5.74, 6) is 1.33. The predicted octanol–water partition coefficient (Wildman–Crippen LogP) is 1.91. The number of nitrogens with zero attached hydrogens (tertiary/aromatic N) is 3. The van der Waals surface area contributed by atoms with Crippen molar-refractivity contribution in [3.8, 4) is 0 Å². The summed E-state index contributed by atoms with van der Waals surface area (Å²) in [5, 5.41) is 6.64. The van der Waals surface area contributed by atoms with E-state index in [1.165, 1.54) is 0 Å². The molecule has 0 bridgehead atoms. The molecule has 2 aromatic heterocycles. The minimum Gasteiger partial charge on any atom is -0.381 e. The number of hydrogen-bond donors (Lipinski definition) is 1. The summed E-state index contributed by atoms with van der Waals surface area (Å²) in [6.07, 6.45) is 3.80. The van der Waals surface area contributed by atoms with Crippen molar-refractivity contribution in [3.05, 3.63) is 40.8 Å². The van der Waals surface area contributed by atoms with E-state index in [9.17, 15) is 4.79 Å². The maximum absolute atomic E-state index is 12.2. The Hall–Kier alpha value is -2.28. The molecule has 1 atom stereocenters. The SMILES string of the molecule is Cc1noc(C)c1C(=O)NCc1ccnc([C@@H]2CCCOC2)n1. The molecular formula is C16H20N4O3. The number of aromatic nitrogens is 3. The van der Waals surface area contributed by atoms with Crippen molar-refractivity contribution in [1.82, 2.24) is 20.4 Å². The van der Waals surface area contributed by atoms with Gasteiger partial charge in [-0.1, -0.05) is 5.16 Å². The Morgan fingerprint density at radius 1 is 1.43 bits per heavy atom. The van der Waals surface area contributed by atoms with Crippen LogP contribution in [0.5, 0.6) is 0 Å². The first kappa shape index (κ1) is 15.6. The van der Waals surface area contributed by atoms with E-state index in [0.29, 0.717) is 30.2 Å². The lowest BCUT2D eigenvalue weighted by Gasteiger charge is -2.20. The van der Waals surface area contributed by atoms with Crippen LogP contribution in [0.15, 0.2) is 16.8 Å². The van der Waals surface area contributed by atoms with E-state index >= 15 is 0 Å². The number of carbonyl (C=O) groups is 1. The molecule has 1 N–H and O–H groups in total. The second kappa shape index (κ2) is 6.87. The average molecular weight is 316 g/mol. The Labute approximate surface area is 134 Å². The molecule has 1 aliphatic heterocycles. The third-order valence-electron chi connectivity index (χ3n) is 3.95. The van der Waals surface area contributed by atoms with E-state index < -0.39 is 0 Å². The molecule has 0 radical (unpaired) electrons. The Bertz CT molecular complexity index is 673. The highest BCUT2D eigenvalue weighted by atomic mass is 16.5. The van der Waals surface area contributed by atoms with Gasteiger partial charge in [-0.05, 0) is 32.8 Å². The van der Waals surface area contributed by atoms with Gasteiger partial charge < -0.3 is 14.6 Å². The first-order valence-electron chi connectivity index (χ1n) is 7.76. The van der Waals surface area contributed by atoms with E-state index in [1.807, 2.05) is 0 Å².